The Hall–Kier alpha value is -2.77. The van der Waals surface area contributed by atoms with Crippen LogP contribution in [0.5, 0.6) is 0 Å². The topological polar surface area (TPSA) is 276 Å². The zero-order chi connectivity index (χ0) is 54.7. The first kappa shape index (κ1) is 69.3. The van der Waals surface area contributed by atoms with Crippen LogP contribution in [-0.2, 0) is 85.4 Å². The third-order valence-corrected chi connectivity index (χ3v) is 12.0. The number of nitrogens with one attached hydrogen (secondary N) is 5. The quantitative estimate of drug-likeness (QED) is 0.0422. The molecule has 2 aliphatic rings. The standard InChI is InChI=1S/C50H95N5O20S/c1-50(2,3)75-49(59)53-11-15-63-19-23-67-25-24-64-20-16-60-12-8-46(57)52-10-14-62-18-22-66-27-29-69-31-33-71-35-37-73-39-41-74-40-38-72-36-34-70-32-30-68-28-26-65-21-17-61-13-9-51-45(56)7-5-4-6-44-47-43(42-76-44)54-48(58)55-47/h43-44,47H,4-42H2,1-3H3,(H,51,56)(H,52,57)(H,53,59)(H2,54,55,58)/t43-,44-,47-/m0/s1. The second kappa shape index (κ2) is 50.4. The molecule has 0 spiro atoms. The van der Waals surface area contributed by atoms with Gasteiger partial charge in [-0.2, -0.15) is 11.8 Å². The van der Waals surface area contributed by atoms with Crippen LogP contribution in [0.15, 0.2) is 0 Å². The second-order valence-electron chi connectivity index (χ2n) is 17.9. The highest BCUT2D eigenvalue weighted by atomic mass is 32.2. The number of hydrogen-bond donors (Lipinski definition) is 5. The molecule has 0 aliphatic carbocycles. The molecular weight excluding hydrogens is 1020 g/mol. The average Bonchev–Trinajstić information content (AvgIpc) is 3.95. The van der Waals surface area contributed by atoms with Gasteiger partial charge in [-0.25, -0.2) is 9.59 Å². The van der Waals surface area contributed by atoms with Gasteiger partial charge in [0.2, 0.25) is 11.8 Å². The number of amides is 5. The monoisotopic (exact) mass is 1120 g/mol. The predicted molar refractivity (Wildman–Crippen MR) is 281 cm³/mol. The molecule has 76 heavy (non-hydrogen) atoms. The SMILES string of the molecule is CC(C)(C)OC(=O)NCCOCCOCCOCCOCCC(=O)NCCOCCOCCOCCOCCOCCOCCOCCOCCOCCOCCOCCNC(=O)CCCC[C@@H]1SC[C@@H]2NC(=O)N[C@@H]21. The van der Waals surface area contributed by atoms with E-state index in [-0.39, 0.29) is 36.3 Å². The van der Waals surface area contributed by atoms with Gasteiger partial charge in [-0.15, -0.1) is 0 Å². The van der Waals surface area contributed by atoms with Crippen molar-refractivity contribution in [2.45, 2.75) is 75.8 Å². The minimum Gasteiger partial charge on any atom is -0.444 e. The fourth-order valence-corrected chi connectivity index (χ4v) is 8.29. The summed E-state index contributed by atoms with van der Waals surface area (Å²) in [4.78, 5) is 47.1. The Balaban J connectivity index is 1.13. The van der Waals surface area contributed by atoms with Crippen LogP contribution in [-0.4, -0.2) is 270 Å². The summed E-state index contributed by atoms with van der Waals surface area (Å²) in [6.45, 7) is 19.8. The first-order valence-corrected chi connectivity index (χ1v) is 28.0. The molecule has 25 nitrogen and oxygen atoms in total. The van der Waals surface area contributed by atoms with Crippen molar-refractivity contribution in [2.75, 3.05) is 224 Å². The molecule has 0 aromatic carbocycles. The lowest BCUT2D eigenvalue weighted by molar-refractivity contribution is -0.123. The number of ether oxygens (including phenoxy) is 16. The normalized spacial score (nSPS) is 16.1. The van der Waals surface area contributed by atoms with E-state index in [1.165, 1.54) is 0 Å². The summed E-state index contributed by atoms with van der Waals surface area (Å²) in [6.07, 6.45) is 3.09. The van der Waals surface area contributed by atoms with E-state index < -0.39 is 11.7 Å². The van der Waals surface area contributed by atoms with Crippen LogP contribution in [0.4, 0.5) is 9.59 Å². The Morgan fingerprint density at radius 3 is 1.11 bits per heavy atom. The minimum absolute atomic E-state index is 0.0356. The van der Waals surface area contributed by atoms with Gasteiger partial charge in [0.1, 0.15) is 5.60 Å². The number of thioether (sulfide) groups is 1. The summed E-state index contributed by atoms with van der Waals surface area (Å²) in [6, 6.07) is 0.384. The molecule has 2 aliphatic heterocycles. The van der Waals surface area contributed by atoms with Crippen LogP contribution in [0.25, 0.3) is 0 Å². The smallest absolute Gasteiger partial charge is 0.407 e. The molecule has 0 radical (unpaired) electrons. The van der Waals surface area contributed by atoms with Crippen molar-refractivity contribution < 1.29 is 95.0 Å². The number of rotatable bonds is 56. The molecule has 446 valence electrons. The van der Waals surface area contributed by atoms with E-state index in [1.807, 2.05) is 11.8 Å². The van der Waals surface area contributed by atoms with E-state index in [0.29, 0.717) is 230 Å². The molecule has 2 rings (SSSR count). The maximum Gasteiger partial charge on any atom is 0.407 e. The summed E-state index contributed by atoms with van der Waals surface area (Å²) in [5.74, 6) is 0.878. The molecule has 26 heteroatoms. The molecule has 2 saturated heterocycles. The van der Waals surface area contributed by atoms with Crippen molar-refractivity contribution in [1.29, 1.82) is 0 Å². The van der Waals surface area contributed by atoms with Crippen LogP contribution in [0.1, 0.15) is 52.9 Å². The predicted octanol–water partition coefficient (Wildman–Crippen LogP) is 1.11. The lowest BCUT2D eigenvalue weighted by atomic mass is 10.0. The molecular formula is C50H95N5O20S. The lowest BCUT2D eigenvalue weighted by Crippen LogP contribution is -2.36. The fourth-order valence-electron chi connectivity index (χ4n) is 6.74. The van der Waals surface area contributed by atoms with Crippen molar-refractivity contribution in [3.8, 4) is 0 Å². The van der Waals surface area contributed by atoms with Gasteiger partial charge in [0.05, 0.1) is 210 Å². The zero-order valence-corrected chi connectivity index (χ0v) is 46.7. The number of carbonyl (C=O) groups excluding carboxylic acids is 4. The average molecular weight is 1120 g/mol. The summed E-state index contributed by atoms with van der Waals surface area (Å²) < 4.78 is 87.5. The molecule has 0 unspecified atom stereocenters. The van der Waals surface area contributed by atoms with Crippen molar-refractivity contribution in [1.82, 2.24) is 26.6 Å². The molecule has 5 N–H and O–H groups in total. The van der Waals surface area contributed by atoms with Gasteiger partial charge in [-0.1, -0.05) is 6.42 Å². The third-order valence-electron chi connectivity index (χ3n) is 10.4. The summed E-state index contributed by atoms with van der Waals surface area (Å²) in [5, 5.41) is 14.7. The largest absolute Gasteiger partial charge is 0.444 e. The maximum atomic E-state index is 12.1. The van der Waals surface area contributed by atoms with Crippen molar-refractivity contribution in [3.63, 3.8) is 0 Å². The Labute approximate surface area is 455 Å². The Morgan fingerprint density at radius 1 is 0.434 bits per heavy atom. The van der Waals surface area contributed by atoms with Gasteiger partial charge in [-0.05, 0) is 33.6 Å². The highest BCUT2D eigenvalue weighted by Gasteiger charge is 2.42. The first-order valence-electron chi connectivity index (χ1n) is 27.0. The van der Waals surface area contributed by atoms with Crippen LogP contribution >= 0.6 is 11.8 Å². The fraction of sp³-hybridized carbons (Fsp3) is 0.920. The number of fused-ring (bicyclic) bond motifs is 1. The van der Waals surface area contributed by atoms with Crippen molar-refractivity contribution >= 4 is 35.7 Å². The number of carbonyl (C=O) groups is 4. The van der Waals surface area contributed by atoms with E-state index in [0.717, 1.165) is 25.0 Å². The van der Waals surface area contributed by atoms with Gasteiger partial charge in [0.15, 0.2) is 0 Å². The Morgan fingerprint density at radius 2 is 0.750 bits per heavy atom. The van der Waals surface area contributed by atoms with Crippen LogP contribution < -0.4 is 26.6 Å². The summed E-state index contributed by atoms with van der Waals surface area (Å²) in [7, 11) is 0. The molecule has 3 atom stereocenters. The van der Waals surface area contributed by atoms with Gasteiger partial charge in [0.25, 0.3) is 0 Å². The van der Waals surface area contributed by atoms with Gasteiger partial charge in [0, 0.05) is 43.5 Å². The Kier molecular flexibility index (Phi) is 46.0. The maximum absolute atomic E-state index is 12.1. The van der Waals surface area contributed by atoms with Crippen LogP contribution in [0.2, 0.25) is 0 Å². The summed E-state index contributed by atoms with van der Waals surface area (Å²) in [5.41, 5.74) is -0.531. The molecule has 0 aromatic rings. The van der Waals surface area contributed by atoms with Crippen molar-refractivity contribution in [2.24, 2.45) is 0 Å². The number of hydrogen-bond acceptors (Lipinski definition) is 21. The minimum atomic E-state index is -0.531. The van der Waals surface area contributed by atoms with E-state index >= 15 is 0 Å². The van der Waals surface area contributed by atoms with Gasteiger partial charge < -0.3 is 102 Å². The zero-order valence-electron chi connectivity index (χ0n) is 45.9. The van der Waals surface area contributed by atoms with E-state index in [1.54, 1.807) is 20.8 Å². The van der Waals surface area contributed by atoms with Crippen LogP contribution in [0, 0.1) is 0 Å². The molecule has 2 heterocycles. The van der Waals surface area contributed by atoms with E-state index in [4.69, 9.17) is 75.8 Å². The summed E-state index contributed by atoms with van der Waals surface area (Å²) >= 11 is 1.90. The molecule has 5 amide bonds. The van der Waals surface area contributed by atoms with E-state index in [9.17, 15) is 19.2 Å². The van der Waals surface area contributed by atoms with Crippen LogP contribution in [0.3, 0.4) is 0 Å². The van der Waals surface area contributed by atoms with E-state index in [2.05, 4.69) is 26.6 Å². The van der Waals surface area contributed by atoms with Gasteiger partial charge in [-0.3, -0.25) is 9.59 Å². The number of urea groups is 1. The molecule has 2 fully saturated rings. The third kappa shape index (κ3) is 45.1. The molecule has 0 bridgehead atoms. The molecule has 0 saturated carbocycles. The second-order valence-corrected chi connectivity index (χ2v) is 19.2. The Bertz CT molecular complexity index is 1400. The highest BCUT2D eigenvalue weighted by Crippen LogP contribution is 2.33. The number of alkyl carbamates (subject to hydrolysis) is 1. The van der Waals surface area contributed by atoms with Gasteiger partial charge >= 0.3 is 12.1 Å². The highest BCUT2D eigenvalue weighted by molar-refractivity contribution is 8.00. The first-order chi connectivity index (χ1) is 37.1. The molecule has 0 aromatic heterocycles. The lowest BCUT2D eigenvalue weighted by Gasteiger charge is -2.19. The van der Waals surface area contributed by atoms with Crippen molar-refractivity contribution in [3.05, 3.63) is 0 Å². The number of unbranched alkanes of at least 4 members (excludes halogenated alkanes) is 1.